The van der Waals surface area contributed by atoms with Gasteiger partial charge in [0, 0.05) is 0 Å². The first-order valence-corrected chi connectivity index (χ1v) is 20.7. The number of carbonyl (C=O) groups excluding carboxylic acids is 1. The van der Waals surface area contributed by atoms with Gasteiger partial charge in [-0.15, -0.1) is 0 Å². The second kappa shape index (κ2) is 29.0. The Bertz CT molecular complexity index is 1040. The number of allylic oxidation sites excluding steroid dienone is 3. The Labute approximate surface area is 306 Å². The third-order valence-corrected chi connectivity index (χ3v) is 9.56. The summed E-state index contributed by atoms with van der Waals surface area (Å²) in [5, 5.41) is 54.7. The molecule has 0 spiro atoms. The number of ether oxygens (including phenoxy) is 2. The predicted molar refractivity (Wildman–Crippen MR) is 196 cm³/mol. The van der Waals surface area contributed by atoms with E-state index >= 15 is 0 Å². The number of amides is 1. The molecule has 13 nitrogen and oxygen atoms in total. The maximum absolute atomic E-state index is 13.0. The summed E-state index contributed by atoms with van der Waals surface area (Å²) in [6.45, 7) is 3.11. The lowest BCUT2D eigenvalue weighted by Gasteiger charge is -2.41. The van der Waals surface area contributed by atoms with Gasteiger partial charge in [-0.2, -0.15) is 8.42 Å². The molecular formula is C37H69NO12S. The molecule has 1 amide bonds. The van der Waals surface area contributed by atoms with E-state index in [1.165, 1.54) is 76.7 Å². The average Bonchev–Trinajstić information content (AvgIpc) is 3.09. The molecule has 1 saturated heterocycles. The zero-order chi connectivity index (χ0) is 37.9. The summed E-state index contributed by atoms with van der Waals surface area (Å²) >= 11 is 0. The van der Waals surface area contributed by atoms with Crippen molar-refractivity contribution in [3.8, 4) is 0 Å². The second-order valence-electron chi connectivity index (χ2n) is 13.7. The van der Waals surface area contributed by atoms with E-state index in [2.05, 4.69) is 35.5 Å². The fourth-order valence-corrected chi connectivity index (χ4v) is 6.45. The van der Waals surface area contributed by atoms with Crippen LogP contribution < -0.4 is 5.32 Å². The van der Waals surface area contributed by atoms with Crippen molar-refractivity contribution in [2.24, 2.45) is 0 Å². The minimum Gasteiger partial charge on any atom is -0.394 e. The van der Waals surface area contributed by atoms with Gasteiger partial charge < -0.3 is 40.3 Å². The minimum absolute atomic E-state index is 0.239. The largest absolute Gasteiger partial charge is 0.397 e. The summed E-state index contributed by atoms with van der Waals surface area (Å²) in [6.07, 6.45) is 17.2. The van der Waals surface area contributed by atoms with Crippen molar-refractivity contribution in [2.75, 3.05) is 13.2 Å². The molecule has 1 heterocycles. The van der Waals surface area contributed by atoms with Crippen LogP contribution in [0.1, 0.15) is 142 Å². The Morgan fingerprint density at radius 1 is 0.784 bits per heavy atom. The van der Waals surface area contributed by atoms with E-state index in [1.807, 2.05) is 0 Å². The number of hydrogen-bond acceptors (Lipinski definition) is 11. The van der Waals surface area contributed by atoms with E-state index in [0.29, 0.717) is 12.8 Å². The molecule has 1 aliphatic rings. The molecule has 0 radical (unpaired) electrons. The number of rotatable bonds is 31. The normalized spacial score (nSPS) is 23.2. The van der Waals surface area contributed by atoms with Crippen LogP contribution in [-0.4, -0.2) is 107 Å². The molecule has 8 unspecified atom stereocenters. The van der Waals surface area contributed by atoms with E-state index in [4.69, 9.17) is 14.0 Å². The van der Waals surface area contributed by atoms with E-state index in [-0.39, 0.29) is 6.42 Å². The maximum atomic E-state index is 13.0. The molecule has 0 aromatic carbocycles. The Morgan fingerprint density at radius 3 is 1.88 bits per heavy atom. The van der Waals surface area contributed by atoms with E-state index in [0.717, 1.165) is 38.5 Å². The van der Waals surface area contributed by atoms with Gasteiger partial charge in [0.05, 0.1) is 25.4 Å². The summed E-state index contributed by atoms with van der Waals surface area (Å²) in [4.78, 5) is 13.0. The number of unbranched alkanes of at least 4 members (excludes halogenated alkanes) is 16. The number of carbonyl (C=O) groups is 1. The molecular weight excluding hydrogens is 682 g/mol. The number of aliphatic hydroxyl groups is 5. The van der Waals surface area contributed by atoms with Gasteiger partial charge in [-0.25, -0.2) is 4.18 Å². The van der Waals surface area contributed by atoms with Gasteiger partial charge in [0.2, 0.25) is 5.91 Å². The zero-order valence-electron chi connectivity index (χ0n) is 31.0. The first-order chi connectivity index (χ1) is 24.4. The molecule has 300 valence electrons. The van der Waals surface area contributed by atoms with Gasteiger partial charge in [0.1, 0.15) is 30.5 Å². The van der Waals surface area contributed by atoms with Gasteiger partial charge in [-0.3, -0.25) is 9.35 Å². The SMILES string of the molecule is CCCCCC/C=C/CC/C=C/C(O)C(COC1OC(CO)C(O)C(OS(=O)(=O)O)C1O)NC(=O)C(O)CCCCCCCCCCCCCC. The maximum Gasteiger partial charge on any atom is 0.397 e. The molecule has 1 rings (SSSR count). The number of nitrogens with one attached hydrogen (secondary N) is 1. The fraction of sp³-hybridized carbons (Fsp3) is 0.865. The van der Waals surface area contributed by atoms with Gasteiger partial charge >= 0.3 is 10.4 Å². The van der Waals surface area contributed by atoms with Crippen molar-refractivity contribution in [3.05, 3.63) is 24.3 Å². The molecule has 0 aromatic heterocycles. The average molecular weight is 752 g/mol. The monoisotopic (exact) mass is 751 g/mol. The van der Waals surface area contributed by atoms with E-state index in [9.17, 15) is 38.7 Å². The lowest BCUT2D eigenvalue weighted by atomic mass is 9.99. The smallest absolute Gasteiger partial charge is 0.394 e. The predicted octanol–water partition coefficient (Wildman–Crippen LogP) is 4.79. The first kappa shape index (κ1) is 47.6. The standard InChI is InChI=1S/C37H69NO12S/c1-3-5-7-9-11-13-15-16-18-20-22-24-26-31(41)36(44)38-29(30(40)25-23-21-19-17-14-12-10-8-6-4-2)28-48-37-34(43)35(50-51(45,46)47)33(42)32(27-39)49-37/h14,17,23,25,29-35,37,39-43H,3-13,15-16,18-22,24,26-28H2,1-2H3,(H,38,44)(H,45,46,47)/b17-14+,25-23+. The van der Waals surface area contributed by atoms with Gasteiger partial charge in [0.15, 0.2) is 6.29 Å². The van der Waals surface area contributed by atoms with Crippen LogP contribution in [0, 0.1) is 0 Å². The van der Waals surface area contributed by atoms with Crippen LogP contribution in [0.15, 0.2) is 24.3 Å². The molecule has 0 bridgehead atoms. The third-order valence-electron chi connectivity index (χ3n) is 9.09. The third kappa shape index (κ3) is 22.4. The van der Waals surface area contributed by atoms with Crippen molar-refractivity contribution < 1.29 is 57.0 Å². The van der Waals surface area contributed by atoms with Crippen molar-refractivity contribution in [2.45, 2.75) is 191 Å². The molecule has 51 heavy (non-hydrogen) atoms. The highest BCUT2D eigenvalue weighted by Gasteiger charge is 2.48. The summed E-state index contributed by atoms with van der Waals surface area (Å²) in [5.41, 5.74) is 0. The van der Waals surface area contributed by atoms with Crippen molar-refractivity contribution in [3.63, 3.8) is 0 Å². The highest BCUT2D eigenvalue weighted by atomic mass is 32.3. The Hall–Kier alpha value is -1.46. The summed E-state index contributed by atoms with van der Waals surface area (Å²) in [5.74, 6) is -0.716. The molecule has 1 aliphatic heterocycles. The van der Waals surface area contributed by atoms with Gasteiger partial charge in [-0.1, -0.05) is 134 Å². The Morgan fingerprint density at radius 2 is 1.31 bits per heavy atom. The second-order valence-corrected chi connectivity index (χ2v) is 14.7. The molecule has 0 saturated carbocycles. The molecule has 14 heteroatoms. The van der Waals surface area contributed by atoms with Crippen LogP contribution >= 0.6 is 0 Å². The Kier molecular flexibility index (Phi) is 27.0. The molecule has 0 aromatic rings. The highest BCUT2D eigenvalue weighted by molar-refractivity contribution is 7.80. The van der Waals surface area contributed by atoms with Crippen molar-refractivity contribution in [1.82, 2.24) is 5.32 Å². The molecule has 0 aliphatic carbocycles. The lowest BCUT2D eigenvalue weighted by molar-refractivity contribution is -0.298. The topological polar surface area (TPSA) is 212 Å². The fourth-order valence-electron chi connectivity index (χ4n) is 5.94. The zero-order valence-corrected chi connectivity index (χ0v) is 31.8. The first-order valence-electron chi connectivity index (χ1n) is 19.3. The Balaban J connectivity index is 2.73. The van der Waals surface area contributed by atoms with Crippen LogP contribution in [0.2, 0.25) is 0 Å². The quantitative estimate of drug-likeness (QED) is 0.0290. The molecule has 1 fully saturated rings. The van der Waals surface area contributed by atoms with Crippen LogP contribution in [0.4, 0.5) is 0 Å². The van der Waals surface area contributed by atoms with E-state index in [1.54, 1.807) is 6.08 Å². The number of aliphatic hydroxyl groups excluding tert-OH is 5. The van der Waals surface area contributed by atoms with Gasteiger partial charge in [-0.05, 0) is 32.1 Å². The molecule has 8 atom stereocenters. The van der Waals surface area contributed by atoms with Crippen molar-refractivity contribution >= 4 is 16.3 Å². The summed E-state index contributed by atoms with van der Waals surface area (Å²) in [6, 6.07) is -1.13. The van der Waals surface area contributed by atoms with Crippen LogP contribution in [0.5, 0.6) is 0 Å². The van der Waals surface area contributed by atoms with Gasteiger partial charge in [0.25, 0.3) is 0 Å². The van der Waals surface area contributed by atoms with Crippen LogP contribution in [0.25, 0.3) is 0 Å². The summed E-state index contributed by atoms with van der Waals surface area (Å²) < 4.78 is 47.2. The summed E-state index contributed by atoms with van der Waals surface area (Å²) in [7, 11) is -5.11. The van der Waals surface area contributed by atoms with Crippen LogP contribution in [-0.2, 0) is 28.9 Å². The van der Waals surface area contributed by atoms with Crippen LogP contribution in [0.3, 0.4) is 0 Å². The highest BCUT2D eigenvalue weighted by Crippen LogP contribution is 2.26. The number of hydrogen-bond donors (Lipinski definition) is 7. The van der Waals surface area contributed by atoms with Crippen molar-refractivity contribution in [1.29, 1.82) is 0 Å². The molecule has 7 N–H and O–H groups in total. The lowest BCUT2D eigenvalue weighted by Crippen LogP contribution is -2.61. The van der Waals surface area contributed by atoms with E-state index < -0.39 is 78.5 Å². The minimum atomic E-state index is -5.11.